The number of rotatable bonds is 5. The lowest BCUT2D eigenvalue weighted by atomic mass is 10.3. The Morgan fingerprint density at radius 3 is 2.95 bits per heavy atom. The van der Waals surface area contributed by atoms with Crippen molar-refractivity contribution in [2.45, 2.75) is 13.0 Å². The third-order valence-corrected chi connectivity index (χ3v) is 3.34. The van der Waals surface area contributed by atoms with Gasteiger partial charge in [0.2, 0.25) is 5.91 Å². The van der Waals surface area contributed by atoms with Crippen molar-refractivity contribution in [3.8, 4) is 0 Å². The largest absolute Gasteiger partial charge is 0.330 e. The Morgan fingerprint density at radius 1 is 1.40 bits per heavy atom. The first kappa shape index (κ1) is 14.8. The SMILES string of the molecule is NCCc1cn(CC(=O)Nc2cccc(Cl)c2Cl)nn1. The average molecular weight is 314 g/mol. The van der Waals surface area contributed by atoms with Crippen molar-refractivity contribution in [1.82, 2.24) is 15.0 Å². The maximum atomic E-state index is 11.9. The fourth-order valence-electron chi connectivity index (χ4n) is 1.62. The molecule has 106 valence electrons. The zero-order valence-electron chi connectivity index (χ0n) is 10.5. The van der Waals surface area contributed by atoms with Crippen LogP contribution in [0.5, 0.6) is 0 Å². The van der Waals surface area contributed by atoms with E-state index in [4.69, 9.17) is 28.9 Å². The molecular weight excluding hydrogens is 301 g/mol. The predicted molar refractivity (Wildman–Crippen MR) is 77.9 cm³/mol. The molecule has 0 aliphatic rings. The summed E-state index contributed by atoms with van der Waals surface area (Å²) in [4.78, 5) is 11.9. The first-order valence-corrected chi connectivity index (χ1v) is 6.68. The highest BCUT2D eigenvalue weighted by molar-refractivity contribution is 6.43. The minimum absolute atomic E-state index is 0.0421. The monoisotopic (exact) mass is 313 g/mol. The molecule has 0 unspecified atom stereocenters. The molecule has 0 saturated carbocycles. The number of aromatic nitrogens is 3. The molecule has 0 saturated heterocycles. The Bertz CT molecular complexity index is 614. The molecule has 8 heteroatoms. The molecule has 0 fully saturated rings. The van der Waals surface area contributed by atoms with E-state index in [9.17, 15) is 4.79 Å². The molecule has 0 aliphatic carbocycles. The molecule has 1 aromatic heterocycles. The van der Waals surface area contributed by atoms with Crippen LogP contribution in [-0.4, -0.2) is 27.4 Å². The summed E-state index contributed by atoms with van der Waals surface area (Å²) in [5.41, 5.74) is 6.64. The van der Waals surface area contributed by atoms with Crippen LogP contribution in [-0.2, 0) is 17.8 Å². The molecular formula is C12H13Cl2N5O. The summed E-state index contributed by atoms with van der Waals surface area (Å²) in [6.07, 6.45) is 2.31. The Morgan fingerprint density at radius 2 is 2.20 bits per heavy atom. The number of nitrogens with one attached hydrogen (secondary N) is 1. The van der Waals surface area contributed by atoms with Crippen molar-refractivity contribution in [3.05, 3.63) is 40.1 Å². The van der Waals surface area contributed by atoms with Crippen molar-refractivity contribution in [2.24, 2.45) is 5.73 Å². The van der Waals surface area contributed by atoms with E-state index >= 15 is 0 Å². The van der Waals surface area contributed by atoms with E-state index in [-0.39, 0.29) is 12.5 Å². The Hall–Kier alpha value is -1.63. The van der Waals surface area contributed by atoms with Crippen molar-refractivity contribution in [2.75, 3.05) is 11.9 Å². The molecule has 0 aliphatic heterocycles. The second-order valence-electron chi connectivity index (χ2n) is 4.10. The summed E-state index contributed by atoms with van der Waals surface area (Å²) in [6, 6.07) is 5.03. The lowest BCUT2D eigenvalue weighted by Gasteiger charge is -2.07. The highest BCUT2D eigenvalue weighted by Crippen LogP contribution is 2.29. The fraction of sp³-hybridized carbons (Fsp3) is 0.250. The van der Waals surface area contributed by atoms with E-state index in [1.165, 1.54) is 4.68 Å². The normalized spacial score (nSPS) is 10.6. The molecule has 0 radical (unpaired) electrons. The predicted octanol–water partition coefficient (Wildman–Crippen LogP) is 1.72. The molecule has 6 nitrogen and oxygen atoms in total. The first-order valence-electron chi connectivity index (χ1n) is 5.93. The van der Waals surface area contributed by atoms with Crippen LogP contribution >= 0.6 is 23.2 Å². The van der Waals surface area contributed by atoms with Gasteiger partial charge in [-0.1, -0.05) is 34.5 Å². The van der Waals surface area contributed by atoms with Crippen LogP contribution in [0.25, 0.3) is 0 Å². The van der Waals surface area contributed by atoms with Gasteiger partial charge in [0, 0.05) is 12.6 Å². The molecule has 3 N–H and O–H groups in total. The second kappa shape index (κ2) is 6.69. The Kier molecular flexibility index (Phi) is 4.94. The van der Waals surface area contributed by atoms with E-state index in [0.29, 0.717) is 28.7 Å². The summed E-state index contributed by atoms with van der Waals surface area (Å²) >= 11 is 11.9. The summed E-state index contributed by atoms with van der Waals surface area (Å²) in [6.45, 7) is 0.531. The Labute approximate surface area is 125 Å². The van der Waals surface area contributed by atoms with Gasteiger partial charge in [-0.3, -0.25) is 4.79 Å². The maximum Gasteiger partial charge on any atom is 0.246 e. The van der Waals surface area contributed by atoms with Crippen LogP contribution in [0.4, 0.5) is 5.69 Å². The van der Waals surface area contributed by atoms with Gasteiger partial charge in [-0.25, -0.2) is 4.68 Å². The van der Waals surface area contributed by atoms with E-state index in [0.717, 1.165) is 5.69 Å². The number of carbonyl (C=O) groups excluding carboxylic acids is 1. The van der Waals surface area contributed by atoms with Crippen LogP contribution in [0, 0.1) is 0 Å². The number of benzene rings is 1. The number of hydrogen-bond donors (Lipinski definition) is 2. The van der Waals surface area contributed by atoms with Gasteiger partial charge in [0.15, 0.2) is 0 Å². The molecule has 0 spiro atoms. The first-order chi connectivity index (χ1) is 9.60. The van der Waals surface area contributed by atoms with E-state index in [1.807, 2.05) is 0 Å². The summed E-state index contributed by atoms with van der Waals surface area (Å²) < 4.78 is 1.44. The van der Waals surface area contributed by atoms with Crippen molar-refractivity contribution in [1.29, 1.82) is 0 Å². The van der Waals surface area contributed by atoms with Crippen molar-refractivity contribution < 1.29 is 4.79 Å². The molecule has 2 rings (SSSR count). The number of carbonyl (C=O) groups is 1. The molecule has 0 bridgehead atoms. The van der Waals surface area contributed by atoms with Gasteiger partial charge < -0.3 is 11.1 Å². The van der Waals surface area contributed by atoms with Crippen LogP contribution in [0.1, 0.15) is 5.69 Å². The van der Waals surface area contributed by atoms with Gasteiger partial charge in [0.05, 0.1) is 21.4 Å². The van der Waals surface area contributed by atoms with Gasteiger partial charge in [0.1, 0.15) is 6.54 Å². The quantitative estimate of drug-likeness (QED) is 0.880. The van der Waals surface area contributed by atoms with Gasteiger partial charge >= 0.3 is 0 Å². The third-order valence-electron chi connectivity index (χ3n) is 2.52. The smallest absolute Gasteiger partial charge is 0.246 e. The summed E-state index contributed by atoms with van der Waals surface area (Å²) in [7, 11) is 0. The number of anilines is 1. The zero-order valence-corrected chi connectivity index (χ0v) is 12.0. The fourth-order valence-corrected chi connectivity index (χ4v) is 1.96. The highest BCUT2D eigenvalue weighted by Gasteiger charge is 2.10. The van der Waals surface area contributed by atoms with E-state index in [2.05, 4.69) is 15.6 Å². The lowest BCUT2D eigenvalue weighted by molar-refractivity contribution is -0.116. The molecule has 2 aromatic rings. The molecule has 20 heavy (non-hydrogen) atoms. The standard InChI is InChI=1S/C12H13Cl2N5O/c13-9-2-1-3-10(12(9)14)16-11(20)7-19-6-8(4-5-15)17-18-19/h1-3,6H,4-5,7,15H2,(H,16,20). The number of nitrogens with two attached hydrogens (primary N) is 1. The molecule has 1 aromatic carbocycles. The van der Waals surface area contributed by atoms with Crippen molar-refractivity contribution in [3.63, 3.8) is 0 Å². The maximum absolute atomic E-state index is 11.9. The third kappa shape index (κ3) is 3.69. The minimum atomic E-state index is -0.265. The molecule has 1 amide bonds. The van der Waals surface area contributed by atoms with Crippen LogP contribution in [0.2, 0.25) is 10.0 Å². The van der Waals surface area contributed by atoms with Gasteiger partial charge in [0.25, 0.3) is 0 Å². The Balaban J connectivity index is 1.99. The van der Waals surface area contributed by atoms with Crippen LogP contribution in [0.15, 0.2) is 24.4 Å². The van der Waals surface area contributed by atoms with Crippen LogP contribution < -0.4 is 11.1 Å². The minimum Gasteiger partial charge on any atom is -0.330 e. The van der Waals surface area contributed by atoms with Crippen LogP contribution in [0.3, 0.4) is 0 Å². The molecule has 1 heterocycles. The average Bonchev–Trinajstić information content (AvgIpc) is 2.83. The van der Waals surface area contributed by atoms with E-state index < -0.39 is 0 Å². The summed E-state index contributed by atoms with van der Waals surface area (Å²) in [5, 5.41) is 11.1. The number of amides is 1. The van der Waals surface area contributed by atoms with E-state index in [1.54, 1.807) is 24.4 Å². The molecule has 0 atom stereocenters. The number of hydrogen-bond acceptors (Lipinski definition) is 4. The van der Waals surface area contributed by atoms with Gasteiger partial charge in [-0.15, -0.1) is 5.10 Å². The highest BCUT2D eigenvalue weighted by atomic mass is 35.5. The topological polar surface area (TPSA) is 85.8 Å². The zero-order chi connectivity index (χ0) is 14.5. The van der Waals surface area contributed by atoms with Crippen molar-refractivity contribution >= 4 is 34.8 Å². The number of nitrogens with zero attached hydrogens (tertiary/aromatic N) is 3. The number of halogens is 2. The van der Waals surface area contributed by atoms with Gasteiger partial charge in [-0.05, 0) is 18.7 Å². The van der Waals surface area contributed by atoms with Gasteiger partial charge in [-0.2, -0.15) is 0 Å². The second-order valence-corrected chi connectivity index (χ2v) is 4.88. The lowest BCUT2D eigenvalue weighted by Crippen LogP contribution is -2.19. The summed E-state index contributed by atoms with van der Waals surface area (Å²) in [5.74, 6) is -0.265.